The average Bonchev–Trinajstić information content (AvgIpc) is 2.54. The number of alkyl halides is 3. The number of aryl methyl sites for hydroxylation is 1. The predicted molar refractivity (Wildman–Crippen MR) is 91.5 cm³/mol. The van der Waals surface area contributed by atoms with Crippen LogP contribution in [0.4, 0.5) is 19.1 Å². The molecule has 2 aromatic rings. The number of likely N-dealkylation sites (tertiary alicyclic amines) is 1. The Kier molecular flexibility index (Phi) is 5.43. The monoisotopic (exact) mass is 366 g/mol. The number of anilines is 1. The summed E-state index contributed by atoms with van der Waals surface area (Å²) >= 11 is 0. The minimum absolute atomic E-state index is 0.118. The molecule has 0 spiro atoms. The van der Waals surface area contributed by atoms with Crippen LogP contribution in [0, 0.1) is 6.92 Å². The number of aliphatic hydroxyl groups is 1. The molecule has 5 nitrogen and oxygen atoms in total. The van der Waals surface area contributed by atoms with Crippen molar-refractivity contribution in [3.63, 3.8) is 0 Å². The van der Waals surface area contributed by atoms with Crippen LogP contribution >= 0.6 is 0 Å². The van der Waals surface area contributed by atoms with E-state index < -0.39 is 17.8 Å². The fraction of sp³-hybridized carbons (Fsp3) is 0.444. The van der Waals surface area contributed by atoms with Crippen LogP contribution in [0.1, 0.15) is 23.2 Å². The number of hydrogen-bond acceptors (Lipinski definition) is 5. The topological polar surface area (TPSA) is 61.3 Å². The van der Waals surface area contributed by atoms with Gasteiger partial charge in [0, 0.05) is 31.9 Å². The number of benzene rings is 1. The second-order valence-corrected chi connectivity index (χ2v) is 6.60. The molecule has 8 heteroatoms. The molecule has 2 N–H and O–H groups in total. The molecule has 1 saturated heterocycles. The van der Waals surface area contributed by atoms with Gasteiger partial charge in [0.25, 0.3) is 0 Å². The zero-order valence-corrected chi connectivity index (χ0v) is 14.4. The second kappa shape index (κ2) is 7.59. The van der Waals surface area contributed by atoms with E-state index >= 15 is 0 Å². The largest absolute Gasteiger partial charge is 0.419 e. The smallest absolute Gasteiger partial charge is 0.392 e. The first-order chi connectivity index (χ1) is 12.3. The summed E-state index contributed by atoms with van der Waals surface area (Å²) in [5, 5.41) is 13.2. The van der Waals surface area contributed by atoms with Gasteiger partial charge in [-0.2, -0.15) is 13.2 Å². The second-order valence-electron chi connectivity index (χ2n) is 6.60. The molecule has 0 bridgehead atoms. The Bertz CT molecular complexity index is 739. The number of nitrogens with one attached hydrogen (secondary N) is 1. The Morgan fingerprint density at radius 2 is 1.96 bits per heavy atom. The summed E-state index contributed by atoms with van der Waals surface area (Å²) in [6, 6.07) is 9.77. The number of nitrogens with zero attached hydrogens (tertiary/aromatic N) is 3. The van der Waals surface area contributed by atoms with Gasteiger partial charge < -0.3 is 10.4 Å². The van der Waals surface area contributed by atoms with E-state index in [4.69, 9.17) is 0 Å². The van der Waals surface area contributed by atoms with Gasteiger partial charge in [-0.1, -0.05) is 30.3 Å². The van der Waals surface area contributed by atoms with Crippen molar-refractivity contribution < 1.29 is 18.3 Å². The van der Waals surface area contributed by atoms with Crippen LogP contribution < -0.4 is 5.32 Å². The van der Waals surface area contributed by atoms with Crippen molar-refractivity contribution in [3.8, 4) is 0 Å². The Morgan fingerprint density at radius 1 is 1.23 bits per heavy atom. The highest BCUT2D eigenvalue weighted by Gasteiger charge is 2.34. The molecular weight excluding hydrogens is 345 g/mol. The van der Waals surface area contributed by atoms with Crippen molar-refractivity contribution in [2.24, 2.45) is 0 Å². The van der Waals surface area contributed by atoms with Crippen molar-refractivity contribution in [3.05, 3.63) is 53.3 Å². The molecule has 0 amide bonds. The van der Waals surface area contributed by atoms with Crippen LogP contribution in [0.5, 0.6) is 0 Å². The van der Waals surface area contributed by atoms with E-state index in [0.717, 1.165) is 11.8 Å². The van der Waals surface area contributed by atoms with E-state index in [1.165, 1.54) is 6.92 Å². The highest BCUT2D eigenvalue weighted by Crippen LogP contribution is 2.30. The maximum atomic E-state index is 12.8. The van der Waals surface area contributed by atoms with Crippen LogP contribution in [0.2, 0.25) is 0 Å². The maximum absolute atomic E-state index is 12.8. The highest BCUT2D eigenvalue weighted by atomic mass is 19.4. The van der Waals surface area contributed by atoms with Gasteiger partial charge in [0.1, 0.15) is 0 Å². The first-order valence-corrected chi connectivity index (χ1v) is 8.43. The van der Waals surface area contributed by atoms with Gasteiger partial charge in [-0.25, -0.2) is 9.97 Å². The number of piperidine rings is 1. The van der Waals surface area contributed by atoms with Crippen LogP contribution in [0.15, 0.2) is 36.5 Å². The fourth-order valence-corrected chi connectivity index (χ4v) is 3.23. The molecule has 0 aliphatic carbocycles. The lowest BCUT2D eigenvalue weighted by Gasteiger charge is -2.36. The number of β-amino-alcohol motifs (C(OH)–C–C–N with tert-alkyl or cyclic N) is 1. The fourth-order valence-electron chi connectivity index (χ4n) is 3.23. The van der Waals surface area contributed by atoms with E-state index in [9.17, 15) is 18.3 Å². The van der Waals surface area contributed by atoms with Crippen molar-refractivity contribution >= 4 is 5.95 Å². The summed E-state index contributed by atoms with van der Waals surface area (Å²) < 4.78 is 38.4. The highest BCUT2D eigenvalue weighted by molar-refractivity contribution is 5.32. The first-order valence-electron chi connectivity index (χ1n) is 8.43. The van der Waals surface area contributed by atoms with Crippen molar-refractivity contribution in [2.75, 3.05) is 18.4 Å². The normalized spacial score (nSPS) is 21.6. The van der Waals surface area contributed by atoms with Gasteiger partial charge >= 0.3 is 6.18 Å². The van der Waals surface area contributed by atoms with Gasteiger partial charge in [0.15, 0.2) is 0 Å². The Labute approximate surface area is 149 Å². The molecule has 1 aromatic heterocycles. The number of hydrogen-bond donors (Lipinski definition) is 2. The zero-order valence-electron chi connectivity index (χ0n) is 14.4. The van der Waals surface area contributed by atoms with E-state index in [1.807, 2.05) is 30.3 Å². The van der Waals surface area contributed by atoms with E-state index in [1.54, 1.807) is 0 Å². The molecule has 0 radical (unpaired) electrons. The molecule has 3 rings (SSSR count). The Morgan fingerprint density at radius 3 is 2.62 bits per heavy atom. The lowest BCUT2D eigenvalue weighted by molar-refractivity contribution is -0.138. The van der Waals surface area contributed by atoms with Gasteiger partial charge in [0.05, 0.1) is 17.4 Å². The number of halogens is 3. The Hall–Kier alpha value is -2.19. The van der Waals surface area contributed by atoms with Crippen molar-refractivity contribution in [2.45, 2.75) is 38.2 Å². The minimum Gasteiger partial charge on any atom is -0.392 e. The number of aliphatic hydroxyl groups excluding tert-OH is 1. The molecule has 1 fully saturated rings. The third-order valence-corrected chi connectivity index (χ3v) is 4.37. The zero-order chi connectivity index (χ0) is 18.7. The van der Waals surface area contributed by atoms with E-state index in [0.29, 0.717) is 26.1 Å². The summed E-state index contributed by atoms with van der Waals surface area (Å²) in [7, 11) is 0. The van der Waals surface area contributed by atoms with Crippen LogP contribution in [-0.4, -0.2) is 45.2 Å². The SMILES string of the molecule is Cc1nc(N[C@H]2C[C@@H](O)CN(Cc3ccccc3)C2)ncc1C(F)(F)F. The summed E-state index contributed by atoms with van der Waals surface area (Å²) in [5.41, 5.74) is 0.187. The molecule has 1 aliphatic rings. The van der Waals surface area contributed by atoms with Crippen LogP contribution in [-0.2, 0) is 12.7 Å². The lowest BCUT2D eigenvalue weighted by atomic mass is 10.0. The third kappa shape index (κ3) is 4.70. The molecule has 1 aliphatic heterocycles. The summed E-state index contributed by atoms with van der Waals surface area (Å²) in [6.45, 7) is 3.21. The van der Waals surface area contributed by atoms with Gasteiger partial charge in [0.2, 0.25) is 5.95 Å². The molecule has 0 saturated carbocycles. The molecule has 2 heterocycles. The summed E-state index contributed by atoms with van der Waals surface area (Å²) in [4.78, 5) is 9.83. The molecule has 140 valence electrons. The molecule has 2 atom stereocenters. The van der Waals surface area contributed by atoms with E-state index in [-0.39, 0.29) is 17.7 Å². The summed E-state index contributed by atoms with van der Waals surface area (Å²) in [6.07, 6.45) is -3.68. The van der Waals surface area contributed by atoms with Crippen molar-refractivity contribution in [1.82, 2.24) is 14.9 Å². The summed E-state index contributed by atoms with van der Waals surface area (Å²) in [5.74, 6) is 0.147. The molecule has 26 heavy (non-hydrogen) atoms. The van der Waals surface area contributed by atoms with Gasteiger partial charge in [-0.05, 0) is 18.9 Å². The molecule has 1 aromatic carbocycles. The average molecular weight is 366 g/mol. The lowest BCUT2D eigenvalue weighted by Crippen LogP contribution is -2.48. The van der Waals surface area contributed by atoms with Crippen LogP contribution in [0.3, 0.4) is 0 Å². The third-order valence-electron chi connectivity index (χ3n) is 4.37. The molecule has 0 unspecified atom stereocenters. The maximum Gasteiger partial charge on any atom is 0.419 e. The first kappa shape index (κ1) is 18.6. The number of rotatable bonds is 4. The quantitative estimate of drug-likeness (QED) is 0.871. The van der Waals surface area contributed by atoms with Crippen LogP contribution in [0.25, 0.3) is 0 Å². The Balaban J connectivity index is 1.66. The predicted octanol–water partition coefficient (Wildman–Crippen LogP) is 2.85. The molecular formula is C18H21F3N4O. The minimum atomic E-state index is -4.46. The van der Waals surface area contributed by atoms with Gasteiger partial charge in [-0.3, -0.25) is 4.90 Å². The van der Waals surface area contributed by atoms with Crippen molar-refractivity contribution in [1.29, 1.82) is 0 Å². The van der Waals surface area contributed by atoms with E-state index in [2.05, 4.69) is 20.2 Å². The number of aromatic nitrogens is 2. The standard InChI is InChI=1S/C18H21F3N4O/c1-12-16(18(19,20)21)8-22-17(23-12)24-14-7-15(26)11-25(10-14)9-13-5-3-2-4-6-13/h2-6,8,14-15,26H,7,9-11H2,1H3,(H,22,23,24)/t14-,15+/m0/s1. The van der Waals surface area contributed by atoms with Gasteiger partial charge in [-0.15, -0.1) is 0 Å².